The van der Waals surface area contributed by atoms with Gasteiger partial charge >= 0.3 is 5.97 Å². The lowest BCUT2D eigenvalue weighted by molar-refractivity contribution is -0.127. The molecule has 2 unspecified atom stereocenters. The molecule has 2 atom stereocenters. The first-order valence-electron chi connectivity index (χ1n) is 11.6. The van der Waals surface area contributed by atoms with Crippen LogP contribution in [-0.2, 0) is 16.1 Å². The van der Waals surface area contributed by atoms with Crippen LogP contribution in [0, 0.1) is 5.92 Å². The van der Waals surface area contributed by atoms with Gasteiger partial charge in [-0.1, -0.05) is 32.1 Å². The quantitative estimate of drug-likeness (QED) is 0.623. The molecule has 1 aromatic carbocycles. The summed E-state index contributed by atoms with van der Waals surface area (Å²) in [6.45, 7) is 5.66. The van der Waals surface area contributed by atoms with Crippen molar-refractivity contribution in [3.8, 4) is 0 Å². The molecule has 1 aromatic rings. The number of amidine groups is 1. The second-order valence-electron chi connectivity index (χ2n) is 8.81. The number of amides is 1. The number of benzene rings is 1. The van der Waals surface area contributed by atoms with Crippen LogP contribution in [0.3, 0.4) is 0 Å². The number of rotatable bonds is 7. The minimum absolute atomic E-state index is 0.0456. The first-order valence-corrected chi connectivity index (χ1v) is 11.6. The lowest BCUT2D eigenvalue weighted by Gasteiger charge is -2.28. The third-order valence-corrected chi connectivity index (χ3v) is 6.44. The van der Waals surface area contributed by atoms with Crippen LogP contribution in [0.4, 0.5) is 0 Å². The highest BCUT2D eigenvalue weighted by Gasteiger charge is 2.31. The number of nitrogens with two attached hydrogens (primary N) is 1. The largest absolute Gasteiger partial charge is 0.457 e. The van der Waals surface area contributed by atoms with Gasteiger partial charge in [-0.05, 0) is 47.8 Å². The molecule has 7 nitrogen and oxygen atoms in total. The average Bonchev–Trinajstić information content (AvgIpc) is 3.07. The maximum Gasteiger partial charge on any atom is 0.338 e. The van der Waals surface area contributed by atoms with Gasteiger partial charge in [-0.25, -0.2) is 4.79 Å². The summed E-state index contributed by atoms with van der Waals surface area (Å²) in [5, 5.41) is 9.20. The van der Waals surface area contributed by atoms with Gasteiger partial charge in [-0.2, -0.15) is 0 Å². The predicted octanol–water partition coefficient (Wildman–Crippen LogP) is 2.99. The maximum absolute atomic E-state index is 13.3. The van der Waals surface area contributed by atoms with Gasteiger partial charge in [-0.3, -0.25) is 9.79 Å². The van der Waals surface area contributed by atoms with Gasteiger partial charge in [-0.15, -0.1) is 0 Å². The molecular weight excluding hydrogens is 418 g/mol. The average molecular weight is 450 g/mol. The molecule has 0 fully saturated rings. The van der Waals surface area contributed by atoms with Crippen LogP contribution in [0.2, 0.25) is 0 Å². The summed E-state index contributed by atoms with van der Waals surface area (Å²) in [5.41, 5.74) is 11.5. The minimum Gasteiger partial charge on any atom is -0.457 e. The number of allylic oxidation sites excluding steroid dienone is 2. The fourth-order valence-corrected chi connectivity index (χ4v) is 4.75. The number of hydrogen-bond acceptors (Lipinski definition) is 6. The van der Waals surface area contributed by atoms with Crippen molar-refractivity contribution < 1.29 is 19.4 Å². The van der Waals surface area contributed by atoms with Crippen LogP contribution in [0.5, 0.6) is 0 Å². The number of nitrogens with zero attached hydrogens (tertiary/aromatic N) is 2. The summed E-state index contributed by atoms with van der Waals surface area (Å²) in [6, 6.07) is 5.60. The second-order valence-corrected chi connectivity index (χ2v) is 8.81. The van der Waals surface area contributed by atoms with Gasteiger partial charge < -0.3 is 20.5 Å². The molecule has 0 saturated heterocycles. The Kier molecular flexibility index (Phi) is 6.79. The SMILES string of the molecule is CCCN(CCCO)C(=O)C1=CC2=CC=C(c3ccc4c(c3)COC4=O)C(C)C2N=C(N)C1. The molecule has 2 aliphatic heterocycles. The van der Waals surface area contributed by atoms with Crippen LogP contribution in [-0.4, -0.2) is 53.5 Å². The number of ether oxygens (including phenoxy) is 1. The Bertz CT molecular complexity index is 1080. The monoisotopic (exact) mass is 449 g/mol. The number of fused-ring (bicyclic) bond motifs is 2. The Hall–Kier alpha value is -3.19. The van der Waals surface area contributed by atoms with Crippen LogP contribution in [0.15, 0.2) is 52.6 Å². The Balaban J connectivity index is 1.65. The molecule has 174 valence electrons. The Morgan fingerprint density at radius 1 is 1.30 bits per heavy atom. The Morgan fingerprint density at radius 3 is 2.88 bits per heavy atom. The van der Waals surface area contributed by atoms with E-state index in [1.165, 1.54) is 0 Å². The molecule has 1 aliphatic carbocycles. The second kappa shape index (κ2) is 9.75. The highest BCUT2D eigenvalue weighted by atomic mass is 16.5. The van der Waals surface area contributed by atoms with Crippen LogP contribution in [0.1, 0.15) is 54.6 Å². The fourth-order valence-electron chi connectivity index (χ4n) is 4.75. The number of hydrogen-bond donors (Lipinski definition) is 2. The maximum atomic E-state index is 13.3. The molecule has 3 N–H and O–H groups in total. The van der Waals surface area contributed by atoms with E-state index in [1.807, 2.05) is 37.3 Å². The van der Waals surface area contributed by atoms with E-state index in [-0.39, 0.29) is 30.4 Å². The van der Waals surface area contributed by atoms with E-state index in [1.54, 1.807) is 4.90 Å². The number of aliphatic imine (C=N–C) groups is 1. The first-order chi connectivity index (χ1) is 15.9. The lowest BCUT2D eigenvalue weighted by Crippen LogP contribution is -2.35. The number of esters is 1. The number of cyclic esters (lactones) is 1. The van der Waals surface area contributed by atoms with Crippen molar-refractivity contribution >= 4 is 23.3 Å². The van der Waals surface area contributed by atoms with Crippen molar-refractivity contribution in [2.45, 2.75) is 45.8 Å². The molecule has 4 rings (SSSR count). The molecule has 3 aliphatic rings. The highest BCUT2D eigenvalue weighted by Crippen LogP contribution is 2.38. The van der Waals surface area contributed by atoms with E-state index >= 15 is 0 Å². The zero-order valence-corrected chi connectivity index (χ0v) is 19.2. The summed E-state index contributed by atoms with van der Waals surface area (Å²) in [4.78, 5) is 31.6. The van der Waals surface area contributed by atoms with Crippen molar-refractivity contribution in [1.29, 1.82) is 0 Å². The van der Waals surface area contributed by atoms with Gasteiger partial charge in [0.1, 0.15) is 6.61 Å². The molecule has 33 heavy (non-hydrogen) atoms. The van der Waals surface area contributed by atoms with Gasteiger partial charge in [0.15, 0.2) is 0 Å². The fraction of sp³-hybridized carbons (Fsp3) is 0.423. The summed E-state index contributed by atoms with van der Waals surface area (Å²) < 4.78 is 5.14. The van der Waals surface area contributed by atoms with Crippen molar-refractivity contribution in [1.82, 2.24) is 4.90 Å². The highest BCUT2D eigenvalue weighted by molar-refractivity contribution is 6.01. The van der Waals surface area contributed by atoms with Crippen molar-refractivity contribution in [3.05, 3.63) is 64.3 Å². The third-order valence-electron chi connectivity index (χ3n) is 6.44. The molecule has 0 spiro atoms. The number of aliphatic hydroxyl groups excluding tert-OH is 1. The zero-order valence-electron chi connectivity index (χ0n) is 19.2. The van der Waals surface area contributed by atoms with E-state index in [0.717, 1.165) is 28.7 Å². The van der Waals surface area contributed by atoms with Gasteiger partial charge in [0.2, 0.25) is 5.91 Å². The Labute approximate surface area is 194 Å². The summed E-state index contributed by atoms with van der Waals surface area (Å²) in [7, 11) is 0. The van der Waals surface area contributed by atoms with Crippen molar-refractivity contribution in [3.63, 3.8) is 0 Å². The predicted molar refractivity (Wildman–Crippen MR) is 127 cm³/mol. The molecule has 2 heterocycles. The topological polar surface area (TPSA) is 105 Å². The minimum atomic E-state index is -0.274. The smallest absolute Gasteiger partial charge is 0.338 e. The molecule has 7 heteroatoms. The zero-order chi connectivity index (χ0) is 23.5. The summed E-state index contributed by atoms with van der Waals surface area (Å²) >= 11 is 0. The number of carbonyl (C=O) groups excluding carboxylic acids is 2. The van der Waals surface area contributed by atoms with E-state index in [0.29, 0.717) is 49.5 Å². The van der Waals surface area contributed by atoms with E-state index in [2.05, 4.69) is 13.0 Å². The number of carbonyl (C=O) groups is 2. The molecular formula is C26H31N3O4. The lowest BCUT2D eigenvalue weighted by atomic mass is 9.80. The van der Waals surface area contributed by atoms with Crippen molar-refractivity contribution in [2.75, 3.05) is 19.7 Å². The van der Waals surface area contributed by atoms with Crippen LogP contribution in [0.25, 0.3) is 5.57 Å². The standard InChI is InChI=1S/C26H31N3O4/c1-3-9-29(10-4-11-30)25(31)19-13-18-6-7-21(16(2)24(18)28-23(27)14-19)17-5-8-22-20(12-17)15-33-26(22)32/h5-8,12-13,16,24,30H,3-4,9-11,14-15H2,1-2H3,(H2,27,28). The molecule has 0 aromatic heterocycles. The summed E-state index contributed by atoms with van der Waals surface area (Å²) in [5.74, 6) is 0.175. The number of aliphatic hydroxyl groups is 1. The van der Waals surface area contributed by atoms with Gasteiger partial charge in [0.05, 0.1) is 17.4 Å². The van der Waals surface area contributed by atoms with E-state index in [9.17, 15) is 14.7 Å². The van der Waals surface area contributed by atoms with Crippen molar-refractivity contribution in [2.24, 2.45) is 16.6 Å². The van der Waals surface area contributed by atoms with Gasteiger partial charge in [0, 0.05) is 43.2 Å². The first kappa shape index (κ1) is 23.0. The molecule has 0 saturated carbocycles. The molecule has 0 radical (unpaired) electrons. The third kappa shape index (κ3) is 4.64. The van der Waals surface area contributed by atoms with Crippen LogP contribution >= 0.6 is 0 Å². The normalized spacial score (nSPS) is 21.6. The van der Waals surface area contributed by atoms with Gasteiger partial charge in [0.25, 0.3) is 0 Å². The van der Waals surface area contributed by atoms with Crippen LogP contribution < -0.4 is 5.73 Å². The van der Waals surface area contributed by atoms with E-state index in [4.69, 9.17) is 15.5 Å². The molecule has 0 bridgehead atoms. The summed E-state index contributed by atoms with van der Waals surface area (Å²) in [6.07, 6.45) is 7.74. The molecule has 1 amide bonds. The van der Waals surface area contributed by atoms with E-state index < -0.39 is 0 Å². The Morgan fingerprint density at radius 2 is 2.12 bits per heavy atom.